The third kappa shape index (κ3) is 1.37. The summed E-state index contributed by atoms with van der Waals surface area (Å²) in [6.07, 6.45) is 3.61. The van der Waals surface area contributed by atoms with Crippen LogP contribution in [0.4, 0.5) is 0 Å². The fourth-order valence-corrected chi connectivity index (χ4v) is 2.01. The van der Waals surface area contributed by atoms with E-state index in [0.717, 1.165) is 25.7 Å². The van der Waals surface area contributed by atoms with Crippen molar-refractivity contribution in [1.82, 2.24) is 0 Å². The highest BCUT2D eigenvalue weighted by atomic mass is 16.7. The minimum absolute atomic E-state index is 0.745. The van der Waals surface area contributed by atoms with Crippen LogP contribution >= 0.6 is 0 Å². The molecule has 0 bridgehead atoms. The molecule has 0 heterocycles. The summed E-state index contributed by atoms with van der Waals surface area (Å²) in [5.41, 5.74) is -0.852. The van der Waals surface area contributed by atoms with E-state index in [1.807, 2.05) is 0 Å². The Morgan fingerprint density at radius 3 is 1.92 bits per heavy atom. The van der Waals surface area contributed by atoms with E-state index in [1.54, 1.807) is 21.1 Å². The van der Waals surface area contributed by atoms with Crippen molar-refractivity contribution >= 4 is 0 Å². The quantitative estimate of drug-likeness (QED) is 0.641. The van der Waals surface area contributed by atoms with Crippen molar-refractivity contribution in [2.45, 2.75) is 44.0 Å². The van der Waals surface area contributed by atoms with Crippen LogP contribution in [0, 0.1) is 0 Å². The van der Waals surface area contributed by atoms with E-state index in [1.165, 1.54) is 0 Å². The van der Waals surface area contributed by atoms with Crippen LogP contribution in [0.3, 0.4) is 0 Å². The van der Waals surface area contributed by atoms with Crippen LogP contribution in [-0.2, 0) is 9.47 Å². The van der Waals surface area contributed by atoms with Crippen LogP contribution in [0.2, 0.25) is 0 Å². The molecule has 12 heavy (non-hydrogen) atoms. The first-order valence-electron chi connectivity index (χ1n) is 4.41. The summed E-state index contributed by atoms with van der Waals surface area (Å²) >= 11 is 0. The molecule has 0 aliphatic heterocycles. The van der Waals surface area contributed by atoms with E-state index >= 15 is 0 Å². The van der Waals surface area contributed by atoms with E-state index in [9.17, 15) is 5.11 Å². The lowest BCUT2D eigenvalue weighted by Gasteiger charge is -2.46. The lowest BCUT2D eigenvalue weighted by atomic mass is 9.80. The Labute approximate surface area is 73.7 Å². The molecule has 72 valence electrons. The minimum Gasteiger partial charge on any atom is -0.385 e. The summed E-state index contributed by atoms with van der Waals surface area (Å²) in [6, 6.07) is 0. The maximum Gasteiger partial charge on any atom is 0.196 e. The highest BCUT2D eigenvalue weighted by molar-refractivity contribution is 4.94. The number of hydrogen-bond acceptors (Lipinski definition) is 3. The van der Waals surface area contributed by atoms with E-state index in [0.29, 0.717) is 0 Å². The molecular formula is C9H18O3. The van der Waals surface area contributed by atoms with Gasteiger partial charge in [0.1, 0.15) is 5.60 Å². The minimum atomic E-state index is -0.852. The third-order valence-electron chi connectivity index (χ3n) is 2.90. The Morgan fingerprint density at radius 1 is 1.08 bits per heavy atom. The number of rotatable bonds is 2. The Kier molecular flexibility index (Phi) is 2.76. The third-order valence-corrected chi connectivity index (χ3v) is 2.90. The van der Waals surface area contributed by atoms with Crippen LogP contribution < -0.4 is 0 Å². The van der Waals surface area contributed by atoms with Crippen molar-refractivity contribution in [3.63, 3.8) is 0 Å². The number of aliphatic hydroxyl groups is 1. The van der Waals surface area contributed by atoms with Crippen LogP contribution in [0.1, 0.15) is 32.6 Å². The summed E-state index contributed by atoms with van der Waals surface area (Å²) < 4.78 is 10.5. The first-order valence-corrected chi connectivity index (χ1v) is 4.41. The summed E-state index contributed by atoms with van der Waals surface area (Å²) in [4.78, 5) is 0. The van der Waals surface area contributed by atoms with Gasteiger partial charge in [-0.05, 0) is 19.8 Å². The molecule has 1 atom stereocenters. The van der Waals surface area contributed by atoms with Gasteiger partial charge in [0.25, 0.3) is 0 Å². The molecule has 0 amide bonds. The van der Waals surface area contributed by atoms with Crippen LogP contribution in [-0.4, -0.2) is 30.7 Å². The Bertz CT molecular complexity index is 150. The SMILES string of the molecule is COC1(OC)CCCCC1(C)O. The topological polar surface area (TPSA) is 38.7 Å². The maximum absolute atomic E-state index is 10.0. The molecule has 3 heteroatoms. The molecule has 0 aromatic heterocycles. The van der Waals surface area contributed by atoms with Gasteiger partial charge < -0.3 is 14.6 Å². The van der Waals surface area contributed by atoms with Crippen molar-refractivity contribution in [2.75, 3.05) is 14.2 Å². The predicted octanol–water partition coefficient (Wildman–Crippen LogP) is 1.30. The fraction of sp³-hybridized carbons (Fsp3) is 1.00. The molecule has 1 unspecified atom stereocenters. The van der Waals surface area contributed by atoms with E-state index < -0.39 is 11.4 Å². The van der Waals surface area contributed by atoms with Crippen LogP contribution in [0.5, 0.6) is 0 Å². The molecule has 1 rings (SSSR count). The molecule has 0 aromatic carbocycles. The molecule has 0 spiro atoms. The van der Waals surface area contributed by atoms with Crippen molar-refractivity contribution < 1.29 is 14.6 Å². The zero-order chi connectivity index (χ0) is 9.24. The maximum atomic E-state index is 10.0. The largest absolute Gasteiger partial charge is 0.385 e. The molecule has 1 N–H and O–H groups in total. The summed E-state index contributed by atoms with van der Waals surface area (Å²) in [5.74, 6) is -0.786. The standard InChI is InChI=1S/C9H18O3/c1-8(10)6-4-5-7-9(8,11-2)12-3/h10H,4-7H2,1-3H3. The molecular weight excluding hydrogens is 156 g/mol. The van der Waals surface area contributed by atoms with Gasteiger partial charge in [-0.15, -0.1) is 0 Å². The van der Waals surface area contributed by atoms with Crippen LogP contribution in [0.25, 0.3) is 0 Å². The first kappa shape index (κ1) is 9.96. The van der Waals surface area contributed by atoms with Gasteiger partial charge >= 0.3 is 0 Å². The Hall–Kier alpha value is -0.120. The van der Waals surface area contributed by atoms with E-state index in [-0.39, 0.29) is 0 Å². The molecule has 0 aromatic rings. The zero-order valence-electron chi connectivity index (χ0n) is 8.09. The first-order chi connectivity index (χ1) is 5.58. The number of methoxy groups -OCH3 is 2. The van der Waals surface area contributed by atoms with E-state index in [2.05, 4.69) is 0 Å². The lowest BCUT2D eigenvalue weighted by Crippen LogP contribution is -2.56. The summed E-state index contributed by atoms with van der Waals surface area (Å²) in [6.45, 7) is 1.78. The van der Waals surface area contributed by atoms with Gasteiger partial charge in [0.05, 0.1) is 0 Å². The molecule has 1 aliphatic carbocycles. The average Bonchev–Trinajstić information content (AvgIpc) is 2.05. The summed E-state index contributed by atoms with van der Waals surface area (Å²) in [5, 5.41) is 10.0. The second-order valence-electron chi connectivity index (χ2n) is 3.64. The molecule has 1 saturated carbocycles. The Balaban J connectivity index is 2.81. The second-order valence-corrected chi connectivity index (χ2v) is 3.64. The second kappa shape index (κ2) is 3.32. The molecule has 1 aliphatic rings. The molecule has 1 fully saturated rings. The van der Waals surface area contributed by atoms with Gasteiger partial charge in [-0.1, -0.05) is 6.42 Å². The van der Waals surface area contributed by atoms with E-state index in [4.69, 9.17) is 9.47 Å². The molecule has 0 saturated heterocycles. The average molecular weight is 174 g/mol. The van der Waals surface area contributed by atoms with Crippen molar-refractivity contribution in [3.05, 3.63) is 0 Å². The number of hydrogen-bond donors (Lipinski definition) is 1. The van der Waals surface area contributed by atoms with Gasteiger partial charge in [0, 0.05) is 20.6 Å². The monoisotopic (exact) mass is 174 g/mol. The predicted molar refractivity (Wildman–Crippen MR) is 45.8 cm³/mol. The fourth-order valence-electron chi connectivity index (χ4n) is 2.01. The highest BCUT2D eigenvalue weighted by Crippen LogP contribution is 2.39. The van der Waals surface area contributed by atoms with Gasteiger partial charge in [-0.2, -0.15) is 0 Å². The molecule has 0 radical (unpaired) electrons. The normalized spacial score (nSPS) is 35.0. The van der Waals surface area contributed by atoms with Gasteiger partial charge in [-0.25, -0.2) is 0 Å². The van der Waals surface area contributed by atoms with Gasteiger partial charge in [0.15, 0.2) is 5.79 Å². The lowest BCUT2D eigenvalue weighted by molar-refractivity contribution is -0.310. The van der Waals surface area contributed by atoms with Gasteiger partial charge in [-0.3, -0.25) is 0 Å². The smallest absolute Gasteiger partial charge is 0.196 e. The van der Waals surface area contributed by atoms with Gasteiger partial charge in [0.2, 0.25) is 0 Å². The zero-order valence-corrected chi connectivity index (χ0v) is 8.09. The highest BCUT2D eigenvalue weighted by Gasteiger charge is 2.49. The molecule has 3 nitrogen and oxygen atoms in total. The summed E-state index contributed by atoms with van der Waals surface area (Å²) in [7, 11) is 3.17. The number of ether oxygens (including phenoxy) is 2. The Morgan fingerprint density at radius 2 is 1.58 bits per heavy atom. The van der Waals surface area contributed by atoms with Crippen molar-refractivity contribution in [3.8, 4) is 0 Å². The van der Waals surface area contributed by atoms with Crippen molar-refractivity contribution in [1.29, 1.82) is 0 Å². The van der Waals surface area contributed by atoms with Crippen molar-refractivity contribution in [2.24, 2.45) is 0 Å². The van der Waals surface area contributed by atoms with Crippen LogP contribution in [0.15, 0.2) is 0 Å².